The van der Waals surface area contributed by atoms with Crippen LogP contribution in [0.15, 0.2) is 58.5 Å². The first-order valence-corrected chi connectivity index (χ1v) is 10.5. The van der Waals surface area contributed by atoms with E-state index in [9.17, 15) is 13.2 Å². The van der Waals surface area contributed by atoms with E-state index in [1.807, 2.05) is 31.2 Å². The predicted molar refractivity (Wildman–Crippen MR) is 104 cm³/mol. The molecule has 6 nitrogen and oxygen atoms in total. The lowest BCUT2D eigenvalue weighted by atomic mass is 10.1. The smallest absolute Gasteiger partial charge is 0.286 e. The molecule has 0 unspecified atom stereocenters. The Bertz CT molecular complexity index is 1020. The van der Waals surface area contributed by atoms with Crippen molar-refractivity contribution in [3.05, 3.63) is 59.7 Å². The fourth-order valence-corrected chi connectivity index (χ4v) is 5.02. The summed E-state index contributed by atoms with van der Waals surface area (Å²) in [6.45, 7) is 3.55. The molecule has 4 rings (SSSR count). The zero-order valence-electron chi connectivity index (χ0n) is 15.1. The normalized spacial score (nSPS) is 18.2. The van der Waals surface area contributed by atoms with E-state index in [4.69, 9.17) is 0 Å². The van der Waals surface area contributed by atoms with Crippen LogP contribution in [0.4, 0.5) is 5.69 Å². The summed E-state index contributed by atoms with van der Waals surface area (Å²) < 4.78 is 26.1. The first kappa shape index (κ1) is 17.7. The van der Waals surface area contributed by atoms with Gasteiger partial charge >= 0.3 is 0 Å². The average molecular weight is 383 g/mol. The summed E-state index contributed by atoms with van der Waals surface area (Å²) in [4.78, 5) is 14.6. The lowest BCUT2D eigenvalue weighted by Gasteiger charge is -2.28. The van der Waals surface area contributed by atoms with Crippen LogP contribution in [-0.4, -0.2) is 37.4 Å². The molecule has 7 heteroatoms. The molecule has 0 atom stereocenters. The number of para-hydroxylation sites is 1. The first-order chi connectivity index (χ1) is 13.0. The number of likely N-dealkylation sites (tertiary alicyclic amines) is 1. The van der Waals surface area contributed by atoms with Gasteiger partial charge in [0.25, 0.3) is 5.91 Å². The molecule has 2 aliphatic rings. The van der Waals surface area contributed by atoms with Gasteiger partial charge in [-0.25, -0.2) is 8.42 Å². The van der Waals surface area contributed by atoms with Crippen molar-refractivity contribution in [3.63, 3.8) is 0 Å². The van der Waals surface area contributed by atoms with Crippen molar-refractivity contribution in [3.8, 4) is 0 Å². The highest BCUT2D eigenvalue weighted by Gasteiger charge is 2.39. The summed E-state index contributed by atoms with van der Waals surface area (Å²) in [6, 6.07) is 14.7. The third-order valence-corrected chi connectivity index (χ3v) is 6.58. The molecule has 0 spiro atoms. The minimum absolute atomic E-state index is 0.134. The molecule has 0 aliphatic carbocycles. The molecule has 0 bridgehead atoms. The molecular weight excluding hydrogens is 362 g/mol. The number of benzene rings is 2. The van der Waals surface area contributed by atoms with Crippen molar-refractivity contribution < 1.29 is 13.2 Å². The van der Waals surface area contributed by atoms with E-state index < -0.39 is 15.7 Å². The van der Waals surface area contributed by atoms with Gasteiger partial charge in [0.15, 0.2) is 0 Å². The number of amides is 1. The highest BCUT2D eigenvalue weighted by molar-refractivity contribution is 8.08. The van der Waals surface area contributed by atoms with Crippen LogP contribution in [0.25, 0.3) is 0 Å². The van der Waals surface area contributed by atoms with Crippen LogP contribution in [0.2, 0.25) is 0 Å². The summed E-state index contributed by atoms with van der Waals surface area (Å²) >= 11 is 0. The summed E-state index contributed by atoms with van der Waals surface area (Å²) in [6.07, 6.45) is 1.78. The van der Waals surface area contributed by atoms with Crippen molar-refractivity contribution in [2.45, 2.75) is 31.2 Å². The SMILES string of the molecule is Cc1cccc(CN2N=C(C(=O)N3CCCC3)S(=O)(=O)c3ccccc32)c1. The van der Waals surface area contributed by atoms with Gasteiger partial charge in [0.2, 0.25) is 14.9 Å². The topological polar surface area (TPSA) is 70.1 Å². The van der Waals surface area contributed by atoms with Crippen molar-refractivity contribution in [2.24, 2.45) is 5.10 Å². The first-order valence-electron chi connectivity index (χ1n) is 9.02. The highest BCUT2D eigenvalue weighted by atomic mass is 32.2. The van der Waals surface area contributed by atoms with Gasteiger partial charge < -0.3 is 4.90 Å². The van der Waals surface area contributed by atoms with Crippen molar-refractivity contribution >= 4 is 26.5 Å². The van der Waals surface area contributed by atoms with Crippen LogP contribution < -0.4 is 5.01 Å². The van der Waals surface area contributed by atoms with Crippen LogP contribution in [0.5, 0.6) is 0 Å². The second-order valence-corrected chi connectivity index (χ2v) is 8.76. The van der Waals surface area contributed by atoms with E-state index >= 15 is 0 Å². The van der Waals surface area contributed by atoms with Crippen LogP contribution in [0, 0.1) is 6.92 Å². The van der Waals surface area contributed by atoms with Gasteiger partial charge in [0.05, 0.1) is 17.1 Å². The molecule has 0 aromatic heterocycles. The number of carbonyl (C=O) groups excluding carboxylic acids is 1. The van der Waals surface area contributed by atoms with Gasteiger partial charge in [-0.3, -0.25) is 9.80 Å². The number of hydrogen-bond donors (Lipinski definition) is 0. The summed E-state index contributed by atoms with van der Waals surface area (Å²) in [7, 11) is -3.94. The number of fused-ring (bicyclic) bond motifs is 1. The quantitative estimate of drug-likeness (QED) is 0.817. The molecular formula is C20H21N3O3S. The van der Waals surface area contributed by atoms with Crippen molar-refractivity contribution in [1.29, 1.82) is 0 Å². The van der Waals surface area contributed by atoms with Crippen LogP contribution in [0.1, 0.15) is 24.0 Å². The minimum Gasteiger partial charge on any atom is -0.337 e. The summed E-state index contributed by atoms with van der Waals surface area (Å²) in [5.41, 5.74) is 2.61. The lowest BCUT2D eigenvalue weighted by molar-refractivity contribution is -0.122. The molecule has 27 heavy (non-hydrogen) atoms. The zero-order chi connectivity index (χ0) is 19.0. The maximum Gasteiger partial charge on any atom is 0.286 e. The largest absolute Gasteiger partial charge is 0.337 e. The van der Waals surface area contributed by atoms with Crippen LogP contribution in [0.3, 0.4) is 0 Å². The number of rotatable bonds is 3. The van der Waals surface area contributed by atoms with E-state index in [1.165, 1.54) is 0 Å². The lowest BCUT2D eigenvalue weighted by Crippen LogP contribution is -2.42. The number of hydrogen-bond acceptors (Lipinski definition) is 5. The molecule has 2 aliphatic heterocycles. The van der Waals surface area contributed by atoms with Crippen molar-refractivity contribution in [1.82, 2.24) is 4.90 Å². The van der Waals surface area contributed by atoms with Crippen LogP contribution in [-0.2, 0) is 21.2 Å². The number of carbonyl (C=O) groups is 1. The van der Waals surface area contributed by atoms with Gasteiger partial charge in [-0.1, -0.05) is 42.0 Å². The van der Waals surface area contributed by atoms with E-state index in [0.29, 0.717) is 25.3 Å². The monoisotopic (exact) mass is 383 g/mol. The average Bonchev–Trinajstić information content (AvgIpc) is 3.18. The Balaban J connectivity index is 1.78. The molecule has 2 aromatic rings. The molecule has 2 heterocycles. The second kappa shape index (κ2) is 6.81. The Hall–Kier alpha value is -2.67. The fraction of sp³-hybridized carbons (Fsp3) is 0.300. The Labute approximate surface area is 159 Å². The van der Waals surface area contributed by atoms with Gasteiger partial charge in [-0.15, -0.1) is 0 Å². The van der Waals surface area contributed by atoms with Gasteiger partial charge in [-0.05, 0) is 37.5 Å². The van der Waals surface area contributed by atoms with Crippen LogP contribution >= 0.6 is 0 Å². The standard InChI is InChI=1S/C20H21N3O3S/c1-15-7-6-8-16(13-15)14-23-17-9-2-3-10-18(17)27(25,26)19(21-23)20(24)22-11-4-5-12-22/h2-3,6-10,13H,4-5,11-12,14H2,1H3. The molecule has 1 amide bonds. The van der Waals surface area contributed by atoms with E-state index in [1.54, 1.807) is 34.2 Å². The highest BCUT2D eigenvalue weighted by Crippen LogP contribution is 2.33. The number of hydrazone groups is 1. The Morgan fingerprint density at radius 1 is 1.07 bits per heavy atom. The molecule has 1 saturated heterocycles. The maximum atomic E-state index is 13.0. The molecule has 2 aromatic carbocycles. The fourth-order valence-electron chi connectivity index (χ4n) is 3.54. The molecule has 0 radical (unpaired) electrons. The second-order valence-electron chi connectivity index (χ2n) is 6.92. The Morgan fingerprint density at radius 3 is 2.56 bits per heavy atom. The molecule has 140 valence electrons. The molecule has 0 saturated carbocycles. The molecule has 1 fully saturated rings. The summed E-state index contributed by atoms with van der Waals surface area (Å²) in [5, 5.41) is 5.56. The minimum atomic E-state index is -3.94. The number of nitrogens with zero attached hydrogens (tertiary/aromatic N) is 3. The third-order valence-electron chi connectivity index (χ3n) is 4.89. The van der Waals surface area contributed by atoms with Gasteiger partial charge in [0.1, 0.15) is 0 Å². The maximum absolute atomic E-state index is 13.0. The third kappa shape index (κ3) is 3.23. The van der Waals surface area contributed by atoms with E-state index in [0.717, 1.165) is 24.0 Å². The predicted octanol–water partition coefficient (Wildman–Crippen LogP) is 2.72. The van der Waals surface area contributed by atoms with E-state index in [2.05, 4.69) is 5.10 Å². The van der Waals surface area contributed by atoms with Gasteiger partial charge in [-0.2, -0.15) is 5.10 Å². The Morgan fingerprint density at radius 2 is 1.81 bits per heavy atom. The zero-order valence-corrected chi connectivity index (χ0v) is 15.9. The number of aryl methyl sites for hydroxylation is 1. The number of sulfone groups is 1. The van der Waals surface area contributed by atoms with Gasteiger partial charge in [0, 0.05) is 13.1 Å². The molecule has 0 N–H and O–H groups in total. The Kier molecular flexibility index (Phi) is 4.47. The van der Waals surface area contributed by atoms with Crippen molar-refractivity contribution in [2.75, 3.05) is 18.1 Å². The summed E-state index contributed by atoms with van der Waals surface area (Å²) in [5.74, 6) is -0.503. The number of anilines is 1. The van der Waals surface area contributed by atoms with E-state index in [-0.39, 0.29) is 9.94 Å².